The van der Waals surface area contributed by atoms with Crippen LogP contribution in [0, 0.1) is 23.6 Å². The molecule has 2 aliphatic rings. The number of rotatable bonds is 4. The molecule has 0 amide bonds. The Hall–Kier alpha value is -1.90. The first-order valence-corrected chi connectivity index (χ1v) is 10.9. The lowest BCUT2D eigenvalue weighted by molar-refractivity contribution is 0.0600. The molecular weight excluding hydrogens is 351 g/mol. The Balaban J connectivity index is 1.52. The van der Waals surface area contributed by atoms with E-state index in [0.29, 0.717) is 11.3 Å². The predicted octanol–water partition coefficient (Wildman–Crippen LogP) is 6.87. The number of esters is 1. The number of fused-ring (bicyclic) bond motifs is 2. The minimum Gasteiger partial charge on any atom is -0.465 e. The first-order chi connectivity index (χ1) is 13.6. The van der Waals surface area contributed by atoms with E-state index in [1.807, 2.05) is 12.1 Å². The van der Waals surface area contributed by atoms with Gasteiger partial charge in [-0.15, -0.1) is 0 Å². The van der Waals surface area contributed by atoms with Gasteiger partial charge in [0, 0.05) is 5.39 Å². The Labute approximate surface area is 167 Å². The summed E-state index contributed by atoms with van der Waals surface area (Å²) in [6.07, 6.45) is 10.7. The van der Waals surface area contributed by atoms with E-state index in [0.717, 1.165) is 23.1 Å². The zero-order chi connectivity index (χ0) is 19.7. The second kappa shape index (κ2) is 8.23. The molecule has 2 nitrogen and oxygen atoms in total. The van der Waals surface area contributed by atoms with Gasteiger partial charge in [-0.05, 0) is 84.9 Å². The van der Waals surface area contributed by atoms with Crippen molar-refractivity contribution in [3.05, 3.63) is 47.3 Å². The number of hydrogen-bond acceptors (Lipinski definition) is 2. The molecule has 0 bridgehead atoms. The second-order valence-corrected chi connectivity index (χ2v) is 8.93. The molecule has 150 valence electrons. The van der Waals surface area contributed by atoms with Crippen LogP contribution in [0.25, 0.3) is 10.8 Å². The molecule has 0 radical (unpaired) electrons. The summed E-state index contributed by atoms with van der Waals surface area (Å²) in [5, 5.41) is 1.37. The molecule has 0 N–H and O–H groups in total. The van der Waals surface area contributed by atoms with E-state index in [2.05, 4.69) is 13.0 Å². The van der Waals surface area contributed by atoms with Crippen molar-refractivity contribution in [2.75, 3.05) is 7.11 Å². The second-order valence-electron chi connectivity index (χ2n) is 8.93. The molecule has 0 spiro atoms. The minimum atomic E-state index is -0.498. The minimum absolute atomic E-state index is 0.268. The molecule has 0 saturated heterocycles. The summed E-state index contributed by atoms with van der Waals surface area (Å²) in [6, 6.07) is 9.13. The summed E-state index contributed by atoms with van der Waals surface area (Å²) in [4.78, 5) is 11.7. The Morgan fingerprint density at radius 2 is 1.86 bits per heavy atom. The van der Waals surface area contributed by atoms with E-state index in [9.17, 15) is 9.18 Å². The number of methoxy groups -OCH3 is 1. The van der Waals surface area contributed by atoms with Gasteiger partial charge >= 0.3 is 5.97 Å². The van der Waals surface area contributed by atoms with E-state index >= 15 is 0 Å². The summed E-state index contributed by atoms with van der Waals surface area (Å²) in [7, 11) is 1.32. The Bertz CT molecular complexity index is 859. The number of carbonyl (C=O) groups excluding carboxylic acids is 1. The molecule has 2 aromatic carbocycles. The molecule has 4 unspecified atom stereocenters. The van der Waals surface area contributed by atoms with Crippen molar-refractivity contribution in [2.24, 2.45) is 17.8 Å². The first-order valence-electron chi connectivity index (χ1n) is 10.9. The monoisotopic (exact) mass is 382 g/mol. The average Bonchev–Trinajstić information content (AvgIpc) is 2.72. The molecule has 2 aromatic rings. The van der Waals surface area contributed by atoms with Crippen molar-refractivity contribution >= 4 is 16.7 Å². The van der Waals surface area contributed by atoms with Gasteiger partial charge in [0.2, 0.25) is 0 Å². The summed E-state index contributed by atoms with van der Waals surface area (Å²) in [5.74, 6) is 2.39. The number of hydrogen-bond donors (Lipinski definition) is 0. The zero-order valence-corrected chi connectivity index (χ0v) is 17.0. The Kier molecular flexibility index (Phi) is 5.70. The maximum atomic E-state index is 14.7. The average molecular weight is 383 g/mol. The van der Waals surface area contributed by atoms with Gasteiger partial charge in [-0.1, -0.05) is 38.3 Å². The van der Waals surface area contributed by atoms with E-state index in [-0.39, 0.29) is 11.4 Å². The van der Waals surface area contributed by atoms with E-state index in [1.54, 1.807) is 6.07 Å². The highest BCUT2D eigenvalue weighted by atomic mass is 19.1. The van der Waals surface area contributed by atoms with Gasteiger partial charge in [0.1, 0.15) is 5.82 Å². The highest BCUT2D eigenvalue weighted by molar-refractivity contribution is 5.95. The maximum absolute atomic E-state index is 14.7. The molecule has 3 heteroatoms. The van der Waals surface area contributed by atoms with Gasteiger partial charge < -0.3 is 4.74 Å². The van der Waals surface area contributed by atoms with Crippen LogP contribution in [0.4, 0.5) is 4.39 Å². The molecular formula is C25H31FO2. The third-order valence-corrected chi connectivity index (χ3v) is 7.24. The van der Waals surface area contributed by atoms with Crippen LogP contribution in [-0.4, -0.2) is 13.1 Å². The normalized spacial score (nSPS) is 27.4. The number of carbonyl (C=O) groups is 1. The molecule has 2 saturated carbocycles. The van der Waals surface area contributed by atoms with Crippen LogP contribution < -0.4 is 0 Å². The number of ether oxygens (including phenoxy) is 1. The fourth-order valence-corrected chi connectivity index (χ4v) is 5.78. The van der Waals surface area contributed by atoms with Crippen molar-refractivity contribution in [1.29, 1.82) is 0 Å². The maximum Gasteiger partial charge on any atom is 0.337 e. The van der Waals surface area contributed by atoms with Crippen molar-refractivity contribution < 1.29 is 13.9 Å². The molecule has 0 aromatic heterocycles. The van der Waals surface area contributed by atoms with E-state index in [1.165, 1.54) is 70.1 Å². The topological polar surface area (TPSA) is 26.3 Å². The zero-order valence-electron chi connectivity index (χ0n) is 17.0. The van der Waals surface area contributed by atoms with Crippen molar-refractivity contribution in [3.8, 4) is 0 Å². The van der Waals surface area contributed by atoms with Crippen LogP contribution in [-0.2, 0) is 4.74 Å². The standard InChI is InChI=1S/C25H31FO2/c1-3-4-16-5-6-18-12-19(8-7-17(18)11-16)20-9-10-21-13-22(25(27)28-2)15-24(26)23(21)14-20/h9-10,13-19H,3-8,11-12H2,1-2H3. The van der Waals surface area contributed by atoms with Crippen LogP contribution in [0.3, 0.4) is 0 Å². The smallest absolute Gasteiger partial charge is 0.337 e. The van der Waals surface area contributed by atoms with Crippen molar-refractivity contribution in [3.63, 3.8) is 0 Å². The lowest BCUT2D eigenvalue weighted by Crippen LogP contribution is -2.30. The van der Waals surface area contributed by atoms with Crippen LogP contribution in [0.2, 0.25) is 0 Å². The summed E-state index contributed by atoms with van der Waals surface area (Å²) < 4.78 is 19.4. The van der Waals surface area contributed by atoms with Crippen LogP contribution in [0.1, 0.15) is 80.1 Å². The largest absolute Gasteiger partial charge is 0.465 e. The van der Waals surface area contributed by atoms with Gasteiger partial charge in [-0.25, -0.2) is 9.18 Å². The van der Waals surface area contributed by atoms with Crippen LogP contribution >= 0.6 is 0 Å². The molecule has 2 aliphatic carbocycles. The summed E-state index contributed by atoms with van der Waals surface area (Å²) >= 11 is 0. The molecule has 0 heterocycles. The quantitative estimate of drug-likeness (QED) is 0.540. The fourth-order valence-electron chi connectivity index (χ4n) is 5.78. The third kappa shape index (κ3) is 3.81. The molecule has 4 atom stereocenters. The van der Waals surface area contributed by atoms with Gasteiger partial charge in [0.15, 0.2) is 0 Å². The fraction of sp³-hybridized carbons (Fsp3) is 0.560. The van der Waals surface area contributed by atoms with E-state index < -0.39 is 5.97 Å². The molecule has 4 rings (SSSR count). The van der Waals surface area contributed by atoms with Crippen LogP contribution in [0.5, 0.6) is 0 Å². The number of halogens is 1. The molecule has 28 heavy (non-hydrogen) atoms. The highest BCUT2D eigenvalue weighted by Crippen LogP contribution is 2.48. The van der Waals surface area contributed by atoms with Gasteiger partial charge in [-0.3, -0.25) is 0 Å². The van der Waals surface area contributed by atoms with Gasteiger partial charge in [-0.2, -0.15) is 0 Å². The third-order valence-electron chi connectivity index (χ3n) is 7.24. The van der Waals surface area contributed by atoms with Crippen LogP contribution in [0.15, 0.2) is 30.3 Å². The first kappa shape index (κ1) is 19.4. The Morgan fingerprint density at radius 3 is 2.64 bits per heavy atom. The van der Waals surface area contributed by atoms with Crippen molar-refractivity contribution in [2.45, 2.75) is 64.2 Å². The summed E-state index contributed by atoms with van der Waals surface area (Å²) in [6.45, 7) is 2.30. The molecule has 0 aliphatic heterocycles. The lowest BCUT2D eigenvalue weighted by Gasteiger charge is -2.42. The molecule has 2 fully saturated rings. The van der Waals surface area contributed by atoms with Crippen molar-refractivity contribution in [1.82, 2.24) is 0 Å². The summed E-state index contributed by atoms with van der Waals surface area (Å²) in [5.41, 5.74) is 1.52. The van der Waals surface area contributed by atoms with Gasteiger partial charge in [0.25, 0.3) is 0 Å². The van der Waals surface area contributed by atoms with E-state index in [4.69, 9.17) is 4.74 Å². The lowest BCUT2D eigenvalue weighted by atomic mass is 9.63. The Morgan fingerprint density at radius 1 is 1.07 bits per heavy atom. The van der Waals surface area contributed by atoms with Gasteiger partial charge in [0.05, 0.1) is 12.7 Å². The predicted molar refractivity (Wildman–Crippen MR) is 111 cm³/mol. The number of benzene rings is 2. The highest BCUT2D eigenvalue weighted by Gasteiger charge is 2.35. The SMILES string of the molecule is CCCC1CCC2CC(c3ccc4cc(C(=O)OC)cc(F)c4c3)CCC2C1.